The number of H-pyrrole nitrogens is 1. The second-order valence-corrected chi connectivity index (χ2v) is 6.32. The minimum atomic E-state index is -0.0551. The third-order valence-corrected chi connectivity index (χ3v) is 4.57. The Morgan fingerprint density at radius 3 is 2.91 bits per heavy atom. The van der Waals surface area contributed by atoms with Gasteiger partial charge in [0.2, 0.25) is 5.91 Å². The molecule has 0 unspecified atom stereocenters. The maximum Gasteiger partial charge on any atom is 0.239 e. The number of rotatable bonds is 5. The lowest BCUT2D eigenvalue weighted by Crippen LogP contribution is -2.55. The first-order valence-corrected chi connectivity index (χ1v) is 8.19. The van der Waals surface area contributed by atoms with Gasteiger partial charge in [-0.1, -0.05) is 29.8 Å². The Balaban J connectivity index is 1.57. The summed E-state index contributed by atoms with van der Waals surface area (Å²) in [5.74, 6) is 0.227. The van der Waals surface area contributed by atoms with Crippen LogP contribution in [-0.4, -0.2) is 51.6 Å². The first-order chi connectivity index (χ1) is 11.1. The summed E-state index contributed by atoms with van der Waals surface area (Å²) in [5, 5.41) is 6.80. The van der Waals surface area contributed by atoms with Crippen LogP contribution in [0.5, 0.6) is 0 Å². The summed E-state index contributed by atoms with van der Waals surface area (Å²) in [7, 11) is 0. The highest BCUT2D eigenvalue weighted by Gasteiger charge is 2.30. The van der Waals surface area contributed by atoms with Crippen molar-refractivity contribution in [3.8, 4) is 0 Å². The predicted molar refractivity (Wildman–Crippen MR) is 89.9 cm³/mol. The van der Waals surface area contributed by atoms with Gasteiger partial charge in [-0.25, -0.2) is 0 Å². The third-order valence-electron chi connectivity index (χ3n) is 4.57. The Kier molecular flexibility index (Phi) is 4.76. The summed E-state index contributed by atoms with van der Waals surface area (Å²) < 4.78 is 0. The summed E-state index contributed by atoms with van der Waals surface area (Å²) >= 11 is 0. The number of carbonyl (C=O) groups excluding carboxylic acids is 1. The fourth-order valence-corrected chi connectivity index (χ4v) is 3.15. The van der Waals surface area contributed by atoms with Crippen molar-refractivity contribution < 1.29 is 4.79 Å². The van der Waals surface area contributed by atoms with E-state index in [1.165, 1.54) is 16.7 Å². The first kappa shape index (κ1) is 15.7. The SMILES string of the molecule is Cc1cccc(CN2CCN(CCc3cn[nH]c3)[C@H](C)C2=O)c1. The maximum atomic E-state index is 12.7. The Bertz CT molecular complexity index is 653. The van der Waals surface area contributed by atoms with Crippen LogP contribution in [0.1, 0.15) is 23.6 Å². The number of hydrogen-bond acceptors (Lipinski definition) is 3. The van der Waals surface area contributed by atoms with Gasteiger partial charge >= 0.3 is 0 Å². The normalized spacial score (nSPS) is 19.3. The van der Waals surface area contributed by atoms with Gasteiger partial charge in [0.05, 0.1) is 12.2 Å². The summed E-state index contributed by atoms with van der Waals surface area (Å²) in [6.07, 6.45) is 4.69. The van der Waals surface area contributed by atoms with Gasteiger partial charge in [0.25, 0.3) is 0 Å². The van der Waals surface area contributed by atoms with E-state index in [4.69, 9.17) is 0 Å². The molecule has 5 heteroatoms. The maximum absolute atomic E-state index is 12.7. The van der Waals surface area contributed by atoms with Crippen LogP contribution in [0.2, 0.25) is 0 Å². The minimum Gasteiger partial charge on any atom is -0.336 e. The van der Waals surface area contributed by atoms with Gasteiger partial charge in [0, 0.05) is 32.4 Å². The molecule has 1 aromatic carbocycles. The molecular weight excluding hydrogens is 288 g/mol. The van der Waals surface area contributed by atoms with Gasteiger partial charge in [0.15, 0.2) is 0 Å². The first-order valence-electron chi connectivity index (χ1n) is 8.19. The number of nitrogens with one attached hydrogen (secondary N) is 1. The number of benzene rings is 1. The fourth-order valence-electron chi connectivity index (χ4n) is 3.15. The number of hydrogen-bond donors (Lipinski definition) is 1. The zero-order valence-electron chi connectivity index (χ0n) is 13.8. The van der Waals surface area contributed by atoms with Gasteiger partial charge in [-0.3, -0.25) is 14.8 Å². The number of nitrogens with zero attached hydrogens (tertiary/aromatic N) is 3. The number of aryl methyl sites for hydroxylation is 1. The van der Waals surface area contributed by atoms with E-state index in [2.05, 4.69) is 46.3 Å². The van der Waals surface area contributed by atoms with Crippen LogP contribution >= 0.6 is 0 Å². The monoisotopic (exact) mass is 312 g/mol. The number of carbonyl (C=O) groups is 1. The second-order valence-electron chi connectivity index (χ2n) is 6.32. The average Bonchev–Trinajstić information content (AvgIpc) is 3.05. The topological polar surface area (TPSA) is 52.2 Å². The molecule has 23 heavy (non-hydrogen) atoms. The molecule has 1 aliphatic heterocycles. The molecule has 1 aromatic heterocycles. The quantitative estimate of drug-likeness (QED) is 0.918. The lowest BCUT2D eigenvalue weighted by molar-refractivity contribution is -0.141. The van der Waals surface area contributed by atoms with Crippen LogP contribution in [0.4, 0.5) is 0 Å². The molecule has 1 saturated heterocycles. The number of aromatic amines is 1. The van der Waals surface area contributed by atoms with E-state index < -0.39 is 0 Å². The fraction of sp³-hybridized carbons (Fsp3) is 0.444. The van der Waals surface area contributed by atoms with Gasteiger partial charge in [-0.2, -0.15) is 5.10 Å². The van der Waals surface area contributed by atoms with Gasteiger partial charge in [-0.15, -0.1) is 0 Å². The Labute approximate surface area is 137 Å². The highest BCUT2D eigenvalue weighted by Crippen LogP contribution is 2.16. The third kappa shape index (κ3) is 3.79. The molecule has 0 radical (unpaired) electrons. The molecule has 1 atom stereocenters. The summed E-state index contributed by atoms with van der Waals surface area (Å²) in [6.45, 7) is 7.42. The number of amides is 1. The van der Waals surface area contributed by atoms with E-state index >= 15 is 0 Å². The molecule has 0 spiro atoms. The summed E-state index contributed by atoms with van der Waals surface area (Å²) in [4.78, 5) is 16.9. The van der Waals surface area contributed by atoms with Crippen LogP contribution in [-0.2, 0) is 17.8 Å². The van der Waals surface area contributed by atoms with E-state index in [-0.39, 0.29) is 11.9 Å². The Hall–Kier alpha value is -2.14. The van der Waals surface area contributed by atoms with Gasteiger partial charge in [-0.05, 0) is 31.4 Å². The predicted octanol–water partition coefficient (Wildman–Crippen LogP) is 1.99. The molecule has 3 rings (SSSR count). The molecule has 1 amide bonds. The van der Waals surface area contributed by atoms with Crippen LogP contribution in [0.25, 0.3) is 0 Å². The highest BCUT2D eigenvalue weighted by molar-refractivity contribution is 5.82. The van der Waals surface area contributed by atoms with Gasteiger partial charge in [0.1, 0.15) is 0 Å². The summed E-state index contributed by atoms with van der Waals surface area (Å²) in [6, 6.07) is 8.33. The van der Waals surface area contributed by atoms with E-state index in [1.807, 2.05) is 24.2 Å². The zero-order valence-corrected chi connectivity index (χ0v) is 13.8. The van der Waals surface area contributed by atoms with E-state index in [9.17, 15) is 4.79 Å². The van der Waals surface area contributed by atoms with Crippen LogP contribution in [0, 0.1) is 6.92 Å². The van der Waals surface area contributed by atoms with Crippen LogP contribution < -0.4 is 0 Å². The standard InChI is InChI=1S/C18H24N4O/c1-14-4-3-5-16(10-14)13-22-9-8-21(15(2)18(22)23)7-6-17-11-19-20-12-17/h3-5,10-12,15H,6-9,13H2,1-2H3,(H,19,20)/t15-/m1/s1. The molecule has 1 aliphatic rings. The second kappa shape index (κ2) is 6.96. The van der Waals surface area contributed by atoms with E-state index in [1.54, 1.807) is 0 Å². The lowest BCUT2D eigenvalue weighted by Gasteiger charge is -2.39. The largest absolute Gasteiger partial charge is 0.336 e. The molecule has 5 nitrogen and oxygen atoms in total. The van der Waals surface area contributed by atoms with Crippen molar-refractivity contribution in [1.29, 1.82) is 0 Å². The van der Waals surface area contributed by atoms with Crippen molar-refractivity contribution in [3.05, 3.63) is 53.3 Å². The highest BCUT2D eigenvalue weighted by atomic mass is 16.2. The number of piperazine rings is 1. The van der Waals surface area contributed by atoms with Crippen molar-refractivity contribution in [2.45, 2.75) is 32.9 Å². The molecule has 0 aliphatic carbocycles. The summed E-state index contributed by atoms with van der Waals surface area (Å²) in [5.41, 5.74) is 3.63. The molecule has 0 saturated carbocycles. The Morgan fingerprint density at radius 2 is 2.17 bits per heavy atom. The van der Waals surface area contributed by atoms with Crippen LogP contribution in [0.3, 0.4) is 0 Å². The van der Waals surface area contributed by atoms with E-state index in [0.29, 0.717) is 6.54 Å². The molecular formula is C18H24N4O. The van der Waals surface area contributed by atoms with Crippen molar-refractivity contribution >= 4 is 5.91 Å². The molecule has 2 aromatic rings. The molecule has 1 fully saturated rings. The zero-order chi connectivity index (χ0) is 16.2. The molecule has 1 N–H and O–H groups in total. The average molecular weight is 312 g/mol. The minimum absolute atomic E-state index is 0.0551. The smallest absolute Gasteiger partial charge is 0.239 e. The van der Waals surface area contributed by atoms with Crippen LogP contribution in [0.15, 0.2) is 36.7 Å². The van der Waals surface area contributed by atoms with Gasteiger partial charge < -0.3 is 4.90 Å². The lowest BCUT2D eigenvalue weighted by atomic mass is 10.1. The Morgan fingerprint density at radius 1 is 1.30 bits per heavy atom. The molecule has 0 bridgehead atoms. The number of aromatic nitrogens is 2. The van der Waals surface area contributed by atoms with Crippen molar-refractivity contribution in [1.82, 2.24) is 20.0 Å². The van der Waals surface area contributed by atoms with Crippen molar-refractivity contribution in [3.63, 3.8) is 0 Å². The molecule has 2 heterocycles. The van der Waals surface area contributed by atoms with E-state index in [0.717, 1.165) is 26.1 Å². The molecule has 122 valence electrons. The van der Waals surface area contributed by atoms with Crippen molar-refractivity contribution in [2.75, 3.05) is 19.6 Å². The van der Waals surface area contributed by atoms with Crippen molar-refractivity contribution in [2.24, 2.45) is 0 Å².